The predicted molar refractivity (Wildman–Crippen MR) is 73.6 cm³/mol. The van der Waals surface area contributed by atoms with E-state index in [-0.39, 0.29) is 11.8 Å². The summed E-state index contributed by atoms with van der Waals surface area (Å²) < 4.78 is 0. The maximum Gasteiger partial charge on any atom is 0.235 e. The molecule has 6 nitrogen and oxygen atoms in total. The summed E-state index contributed by atoms with van der Waals surface area (Å²) in [5.74, 6) is 0.00761. The van der Waals surface area contributed by atoms with Gasteiger partial charge in [-0.25, -0.2) is 0 Å². The summed E-state index contributed by atoms with van der Waals surface area (Å²) in [7, 11) is 0. The second-order valence-electron chi connectivity index (χ2n) is 5.73. The molecule has 1 saturated heterocycles. The lowest BCUT2D eigenvalue weighted by molar-refractivity contribution is -0.131. The molecule has 2 aliphatic rings. The predicted octanol–water partition coefficient (Wildman–Crippen LogP) is 0.103. The number of nitrogens with zero attached hydrogens (tertiary/aromatic N) is 3. The van der Waals surface area contributed by atoms with Crippen LogP contribution in [0.5, 0.6) is 0 Å². The summed E-state index contributed by atoms with van der Waals surface area (Å²) in [5.41, 5.74) is -0.641. The molecule has 6 heteroatoms. The number of rotatable bonds is 3. The van der Waals surface area contributed by atoms with E-state index in [0.29, 0.717) is 32.7 Å². The van der Waals surface area contributed by atoms with Crippen molar-refractivity contribution < 1.29 is 9.59 Å². The molecule has 20 heavy (non-hydrogen) atoms. The van der Waals surface area contributed by atoms with Gasteiger partial charge in [0.1, 0.15) is 5.54 Å². The van der Waals surface area contributed by atoms with Crippen molar-refractivity contribution in [2.24, 2.45) is 0 Å². The van der Waals surface area contributed by atoms with Crippen molar-refractivity contribution in [3.05, 3.63) is 0 Å². The third-order valence-electron chi connectivity index (χ3n) is 4.23. The summed E-state index contributed by atoms with van der Waals surface area (Å²) >= 11 is 0. The van der Waals surface area contributed by atoms with Gasteiger partial charge in [-0.2, -0.15) is 5.26 Å². The molecular weight excluding hydrogens is 256 g/mol. The van der Waals surface area contributed by atoms with Crippen LogP contribution in [0.3, 0.4) is 0 Å². The van der Waals surface area contributed by atoms with E-state index in [4.69, 9.17) is 0 Å². The Morgan fingerprint density at radius 3 is 2.30 bits per heavy atom. The first-order valence-corrected chi connectivity index (χ1v) is 7.25. The number of nitrogens with one attached hydrogen (secondary N) is 1. The summed E-state index contributed by atoms with van der Waals surface area (Å²) in [5, 5.41) is 12.1. The fourth-order valence-electron chi connectivity index (χ4n) is 2.97. The Bertz CT molecular complexity index is 415. The van der Waals surface area contributed by atoms with E-state index >= 15 is 0 Å². The van der Waals surface area contributed by atoms with Crippen LogP contribution in [-0.2, 0) is 9.59 Å². The van der Waals surface area contributed by atoms with Crippen molar-refractivity contribution in [1.82, 2.24) is 15.1 Å². The van der Waals surface area contributed by atoms with Crippen LogP contribution >= 0.6 is 0 Å². The molecule has 1 aliphatic carbocycles. The van der Waals surface area contributed by atoms with Crippen LogP contribution in [0.1, 0.15) is 32.6 Å². The maximum absolute atomic E-state index is 12.1. The summed E-state index contributed by atoms with van der Waals surface area (Å²) in [6, 6.07) is 2.26. The number of amides is 2. The van der Waals surface area contributed by atoms with Crippen molar-refractivity contribution in [2.45, 2.75) is 38.1 Å². The largest absolute Gasteiger partial charge is 0.340 e. The molecule has 0 unspecified atom stereocenters. The minimum atomic E-state index is -0.641. The average molecular weight is 278 g/mol. The van der Waals surface area contributed by atoms with Gasteiger partial charge < -0.3 is 10.2 Å². The van der Waals surface area contributed by atoms with Gasteiger partial charge in [0.05, 0.1) is 12.6 Å². The van der Waals surface area contributed by atoms with Gasteiger partial charge in [-0.1, -0.05) is 0 Å². The Labute approximate surface area is 119 Å². The molecule has 1 heterocycles. The second kappa shape index (κ2) is 6.23. The average Bonchev–Trinajstić information content (AvgIpc) is 2.88. The highest BCUT2D eigenvalue weighted by atomic mass is 16.2. The molecule has 0 aromatic heterocycles. The molecule has 1 saturated carbocycles. The Morgan fingerprint density at radius 1 is 1.20 bits per heavy atom. The fraction of sp³-hybridized carbons (Fsp3) is 0.786. The molecule has 2 amide bonds. The van der Waals surface area contributed by atoms with Crippen LogP contribution < -0.4 is 5.32 Å². The molecule has 0 bridgehead atoms. The Kier molecular flexibility index (Phi) is 4.61. The van der Waals surface area contributed by atoms with Gasteiger partial charge in [-0.3, -0.25) is 14.5 Å². The van der Waals surface area contributed by atoms with E-state index < -0.39 is 5.54 Å². The van der Waals surface area contributed by atoms with Crippen molar-refractivity contribution in [3.8, 4) is 6.07 Å². The molecule has 1 aliphatic heterocycles. The fourth-order valence-corrected chi connectivity index (χ4v) is 2.97. The van der Waals surface area contributed by atoms with E-state index in [1.807, 2.05) is 4.90 Å². The van der Waals surface area contributed by atoms with Crippen LogP contribution in [0.2, 0.25) is 0 Å². The lowest BCUT2D eigenvalue weighted by atomic mass is 10.00. The highest BCUT2D eigenvalue weighted by molar-refractivity contribution is 5.79. The van der Waals surface area contributed by atoms with Gasteiger partial charge in [0.15, 0.2) is 0 Å². The zero-order valence-corrected chi connectivity index (χ0v) is 12.0. The summed E-state index contributed by atoms with van der Waals surface area (Å²) in [6.07, 6.45) is 3.52. The van der Waals surface area contributed by atoms with Gasteiger partial charge in [-0.05, 0) is 25.7 Å². The monoisotopic (exact) mass is 278 g/mol. The van der Waals surface area contributed by atoms with Crippen LogP contribution in [0.4, 0.5) is 0 Å². The van der Waals surface area contributed by atoms with Crippen molar-refractivity contribution >= 4 is 11.8 Å². The molecule has 2 rings (SSSR count). The first-order chi connectivity index (χ1) is 9.54. The quantitative estimate of drug-likeness (QED) is 0.794. The van der Waals surface area contributed by atoms with Gasteiger partial charge in [0.2, 0.25) is 11.8 Å². The zero-order chi connectivity index (χ0) is 14.6. The second-order valence-corrected chi connectivity index (χ2v) is 5.73. The van der Waals surface area contributed by atoms with Gasteiger partial charge in [0, 0.05) is 33.1 Å². The molecular formula is C14H22N4O2. The minimum Gasteiger partial charge on any atom is -0.340 e. The van der Waals surface area contributed by atoms with E-state index in [1.165, 1.54) is 0 Å². The molecule has 0 aromatic rings. The highest BCUT2D eigenvalue weighted by Crippen LogP contribution is 2.28. The topological polar surface area (TPSA) is 76.4 Å². The van der Waals surface area contributed by atoms with E-state index in [0.717, 1.165) is 25.7 Å². The van der Waals surface area contributed by atoms with Gasteiger partial charge in [-0.15, -0.1) is 0 Å². The smallest absolute Gasteiger partial charge is 0.235 e. The Hall–Kier alpha value is -1.61. The lowest BCUT2D eigenvalue weighted by Gasteiger charge is -2.34. The van der Waals surface area contributed by atoms with E-state index in [9.17, 15) is 14.9 Å². The number of carbonyl (C=O) groups is 2. The third kappa shape index (κ3) is 3.48. The Balaban J connectivity index is 1.78. The number of piperazine rings is 1. The van der Waals surface area contributed by atoms with Gasteiger partial charge >= 0.3 is 0 Å². The lowest BCUT2D eigenvalue weighted by Crippen LogP contribution is -2.53. The van der Waals surface area contributed by atoms with Crippen molar-refractivity contribution in [2.75, 3.05) is 32.7 Å². The van der Waals surface area contributed by atoms with Crippen LogP contribution in [0.15, 0.2) is 0 Å². The van der Waals surface area contributed by atoms with Gasteiger partial charge in [0.25, 0.3) is 0 Å². The number of hydrogen-bond acceptors (Lipinski definition) is 4. The third-order valence-corrected chi connectivity index (χ3v) is 4.23. The maximum atomic E-state index is 12.1. The van der Waals surface area contributed by atoms with Crippen LogP contribution in [0.25, 0.3) is 0 Å². The van der Waals surface area contributed by atoms with Crippen molar-refractivity contribution in [3.63, 3.8) is 0 Å². The molecule has 1 N–H and O–H groups in total. The number of carbonyl (C=O) groups excluding carboxylic acids is 2. The molecule has 0 atom stereocenters. The number of hydrogen-bond donors (Lipinski definition) is 1. The van der Waals surface area contributed by atoms with Crippen LogP contribution in [0, 0.1) is 11.3 Å². The number of nitriles is 1. The molecule has 2 fully saturated rings. The Morgan fingerprint density at radius 2 is 1.80 bits per heavy atom. The SMILES string of the molecule is CC(=O)N1CCN(CC(=O)NC2(C#N)CCCC2)CC1. The molecule has 0 spiro atoms. The molecule has 0 aromatic carbocycles. The van der Waals surface area contributed by atoms with E-state index in [2.05, 4.69) is 11.4 Å². The highest BCUT2D eigenvalue weighted by Gasteiger charge is 2.35. The summed E-state index contributed by atoms with van der Waals surface area (Å²) in [6.45, 7) is 4.66. The summed E-state index contributed by atoms with van der Waals surface area (Å²) in [4.78, 5) is 27.1. The molecule has 0 radical (unpaired) electrons. The van der Waals surface area contributed by atoms with Crippen LogP contribution in [-0.4, -0.2) is 59.9 Å². The minimum absolute atomic E-state index is 0.0790. The zero-order valence-electron chi connectivity index (χ0n) is 12.0. The first kappa shape index (κ1) is 14.8. The van der Waals surface area contributed by atoms with Crippen molar-refractivity contribution in [1.29, 1.82) is 5.26 Å². The van der Waals surface area contributed by atoms with E-state index in [1.54, 1.807) is 11.8 Å². The molecule has 110 valence electrons. The standard InChI is InChI=1S/C14H22N4O2/c1-12(19)18-8-6-17(7-9-18)10-13(20)16-14(11-15)4-2-3-5-14/h2-10H2,1H3,(H,16,20). The normalized spacial score (nSPS) is 22.3. The first-order valence-electron chi connectivity index (χ1n) is 7.25.